The molecular weight excluding hydrogens is 171 g/mol. The van der Waals surface area contributed by atoms with Crippen molar-refractivity contribution < 1.29 is 0 Å². The minimum atomic E-state index is 0.823. The fourth-order valence-electron chi connectivity index (χ4n) is 0.517. The van der Waals surface area contributed by atoms with Gasteiger partial charge in [-0.3, -0.25) is 0 Å². The van der Waals surface area contributed by atoms with Gasteiger partial charge in [-0.15, -0.1) is 0 Å². The predicted octanol–water partition coefficient (Wildman–Crippen LogP) is 2.82. The Morgan fingerprint density at radius 1 is 1.71 bits per heavy atom. The molecule has 0 amide bonds. The molecule has 38 valence electrons. The molecule has 1 unspecified atom stereocenters. The van der Waals surface area contributed by atoms with Gasteiger partial charge in [-0.25, -0.2) is 0 Å². The average molecular weight is 177 g/mol. The van der Waals surface area contributed by atoms with Gasteiger partial charge in [-0.2, -0.15) is 0 Å². The molecule has 1 rings (SSSR count). The minimum absolute atomic E-state index is 0.823. The fraction of sp³-hybridized carbons (Fsp3) is 0.200. The van der Waals surface area contributed by atoms with E-state index in [0.29, 0.717) is 0 Å². The highest BCUT2D eigenvalue weighted by Gasteiger charge is 1.93. The van der Waals surface area contributed by atoms with E-state index in [2.05, 4.69) is 33.7 Å². The summed E-state index contributed by atoms with van der Waals surface area (Å²) in [5, 5.41) is 1.50. The Kier molecular flexibility index (Phi) is 2.08. The Morgan fingerprint density at radius 3 is 2.86 bits per heavy atom. The van der Waals surface area contributed by atoms with Crippen molar-refractivity contribution in [2.45, 2.75) is 6.42 Å². The van der Waals surface area contributed by atoms with Crippen LogP contribution in [-0.4, -0.2) is 0 Å². The highest BCUT2D eigenvalue weighted by atomic mass is 79.9. The second-order valence-corrected chi connectivity index (χ2v) is 3.44. The van der Waals surface area contributed by atoms with Crippen LogP contribution < -0.4 is 0 Å². The number of hydrogen-bond acceptors (Lipinski definition) is 0. The van der Waals surface area contributed by atoms with Gasteiger partial charge < -0.3 is 0 Å². The molecular formula is C5H6BrP. The summed E-state index contributed by atoms with van der Waals surface area (Å²) in [5.74, 6) is 0. The van der Waals surface area contributed by atoms with Gasteiger partial charge in [0, 0.05) is 0 Å². The van der Waals surface area contributed by atoms with Gasteiger partial charge in [0.05, 0.1) is 0 Å². The van der Waals surface area contributed by atoms with Gasteiger partial charge in [-0.1, -0.05) is 33.7 Å². The van der Waals surface area contributed by atoms with E-state index < -0.39 is 0 Å². The molecule has 1 aliphatic carbocycles. The van der Waals surface area contributed by atoms with E-state index in [1.54, 1.807) is 0 Å². The molecule has 0 saturated carbocycles. The third-order valence-corrected chi connectivity index (χ3v) is 3.03. The van der Waals surface area contributed by atoms with E-state index in [0.717, 1.165) is 13.7 Å². The molecule has 0 fully saturated rings. The lowest BCUT2D eigenvalue weighted by Gasteiger charge is -1.87. The van der Waals surface area contributed by atoms with E-state index in [1.165, 1.54) is 5.31 Å². The van der Waals surface area contributed by atoms with E-state index in [9.17, 15) is 0 Å². The molecule has 0 aromatic carbocycles. The molecule has 1 atom stereocenters. The van der Waals surface area contributed by atoms with Crippen LogP contribution in [0.5, 0.6) is 0 Å². The molecule has 0 spiro atoms. The number of allylic oxidation sites excluding steroid dienone is 4. The van der Waals surface area contributed by atoms with Crippen molar-refractivity contribution in [3.8, 4) is 0 Å². The quantitative estimate of drug-likeness (QED) is 0.540. The molecule has 0 aliphatic heterocycles. The SMILES string of the molecule is BrPC1=CC=CC1. The lowest BCUT2D eigenvalue weighted by molar-refractivity contribution is 1.42. The summed E-state index contributed by atoms with van der Waals surface area (Å²) < 4.78 is 0. The van der Waals surface area contributed by atoms with E-state index >= 15 is 0 Å². The summed E-state index contributed by atoms with van der Waals surface area (Å²) >= 11 is 3.40. The van der Waals surface area contributed by atoms with Crippen LogP contribution in [0.25, 0.3) is 0 Å². The number of rotatable bonds is 1. The van der Waals surface area contributed by atoms with Gasteiger partial charge >= 0.3 is 0 Å². The van der Waals surface area contributed by atoms with Crippen molar-refractivity contribution in [2.75, 3.05) is 0 Å². The highest BCUT2D eigenvalue weighted by Crippen LogP contribution is 2.35. The lowest BCUT2D eigenvalue weighted by Crippen LogP contribution is -1.55. The maximum Gasteiger partial charge on any atom is -0.00843 e. The first kappa shape index (κ1) is 5.53. The molecule has 0 N–H and O–H groups in total. The summed E-state index contributed by atoms with van der Waals surface area (Å²) in [6.45, 7) is 0. The highest BCUT2D eigenvalue weighted by molar-refractivity contribution is 9.37. The second kappa shape index (κ2) is 2.64. The van der Waals surface area contributed by atoms with Crippen molar-refractivity contribution in [1.29, 1.82) is 0 Å². The van der Waals surface area contributed by atoms with Gasteiger partial charge in [0.25, 0.3) is 0 Å². The first-order valence-corrected chi connectivity index (χ1v) is 5.41. The van der Waals surface area contributed by atoms with Crippen molar-refractivity contribution in [3.63, 3.8) is 0 Å². The average Bonchev–Trinajstić information content (AvgIpc) is 2.14. The van der Waals surface area contributed by atoms with Gasteiger partial charge in [0.1, 0.15) is 0 Å². The molecule has 0 saturated heterocycles. The largest absolute Gasteiger partial charge is 0.0801 e. The lowest BCUT2D eigenvalue weighted by atomic mass is 10.5. The van der Waals surface area contributed by atoms with Crippen molar-refractivity contribution in [1.82, 2.24) is 0 Å². The molecule has 1 aliphatic rings. The first-order chi connectivity index (χ1) is 3.43. The Morgan fingerprint density at radius 2 is 2.57 bits per heavy atom. The Hall–Kier alpha value is 0.390. The molecule has 0 bridgehead atoms. The first-order valence-electron chi connectivity index (χ1n) is 2.16. The van der Waals surface area contributed by atoms with Crippen LogP contribution in [-0.2, 0) is 0 Å². The van der Waals surface area contributed by atoms with Crippen LogP contribution in [0.2, 0.25) is 0 Å². The summed E-state index contributed by atoms with van der Waals surface area (Å²) in [5.41, 5.74) is 0. The third kappa shape index (κ3) is 1.40. The van der Waals surface area contributed by atoms with Crippen LogP contribution in [0, 0.1) is 0 Å². The molecule has 7 heavy (non-hydrogen) atoms. The molecule has 0 heterocycles. The summed E-state index contributed by atoms with van der Waals surface area (Å²) in [4.78, 5) is 0. The monoisotopic (exact) mass is 176 g/mol. The zero-order chi connectivity index (χ0) is 5.11. The zero-order valence-electron chi connectivity index (χ0n) is 3.82. The van der Waals surface area contributed by atoms with Crippen LogP contribution in [0.3, 0.4) is 0 Å². The Labute approximate surface area is 53.2 Å². The van der Waals surface area contributed by atoms with Gasteiger partial charge in [-0.05, 0) is 19.0 Å². The molecule has 2 heteroatoms. The van der Waals surface area contributed by atoms with E-state index in [1.807, 2.05) is 0 Å². The van der Waals surface area contributed by atoms with Gasteiger partial charge in [0.2, 0.25) is 0 Å². The minimum Gasteiger partial charge on any atom is -0.0801 e. The normalized spacial score (nSPS) is 19.3. The van der Waals surface area contributed by atoms with Crippen LogP contribution in [0.4, 0.5) is 0 Å². The molecule has 0 aromatic heterocycles. The van der Waals surface area contributed by atoms with Crippen molar-refractivity contribution in [2.24, 2.45) is 0 Å². The fourth-order valence-corrected chi connectivity index (χ4v) is 1.75. The summed E-state index contributed by atoms with van der Waals surface area (Å²) in [6, 6.07) is 0. The van der Waals surface area contributed by atoms with Crippen LogP contribution >= 0.6 is 22.8 Å². The zero-order valence-corrected chi connectivity index (χ0v) is 6.40. The van der Waals surface area contributed by atoms with Crippen LogP contribution in [0.1, 0.15) is 6.42 Å². The summed E-state index contributed by atoms with van der Waals surface area (Å²) in [7, 11) is 0.823. The smallest absolute Gasteiger partial charge is 0.00843 e. The second-order valence-electron chi connectivity index (χ2n) is 1.42. The topological polar surface area (TPSA) is 0 Å². The maximum absolute atomic E-state index is 3.40. The third-order valence-electron chi connectivity index (χ3n) is 0.893. The standard InChI is InChI=1S/C5H6BrP/c6-7-5-3-1-2-4-5/h1-3,7H,4H2. The van der Waals surface area contributed by atoms with E-state index in [-0.39, 0.29) is 0 Å². The number of halogens is 1. The van der Waals surface area contributed by atoms with Crippen molar-refractivity contribution >= 4 is 22.8 Å². The number of hydrogen-bond donors (Lipinski definition) is 0. The molecule has 0 nitrogen and oxygen atoms in total. The molecule has 0 radical (unpaired) electrons. The Bertz CT molecular complexity index is 115. The Balaban J connectivity index is 2.45. The van der Waals surface area contributed by atoms with Gasteiger partial charge in [0.15, 0.2) is 0 Å². The molecule has 0 aromatic rings. The van der Waals surface area contributed by atoms with Crippen molar-refractivity contribution in [3.05, 3.63) is 23.5 Å². The van der Waals surface area contributed by atoms with E-state index in [4.69, 9.17) is 0 Å². The summed E-state index contributed by atoms with van der Waals surface area (Å²) in [6.07, 6.45) is 7.59. The predicted molar refractivity (Wildman–Crippen MR) is 39.1 cm³/mol. The van der Waals surface area contributed by atoms with Crippen LogP contribution in [0.15, 0.2) is 23.5 Å². The maximum atomic E-state index is 3.40.